The third-order valence-electron chi connectivity index (χ3n) is 4.25. The van der Waals surface area contributed by atoms with Gasteiger partial charge in [-0.2, -0.15) is 0 Å². The Bertz CT molecular complexity index is 438. The van der Waals surface area contributed by atoms with Crippen LogP contribution in [0.15, 0.2) is 6.07 Å². The average Bonchev–Trinajstić information content (AvgIpc) is 2.36. The summed E-state index contributed by atoms with van der Waals surface area (Å²) in [6.07, 6.45) is 2.48. The van der Waals surface area contributed by atoms with Gasteiger partial charge >= 0.3 is 0 Å². The molecule has 0 bridgehead atoms. The second-order valence-corrected chi connectivity index (χ2v) is 6.50. The summed E-state index contributed by atoms with van der Waals surface area (Å²) >= 11 is 0. The van der Waals surface area contributed by atoms with E-state index in [1.807, 2.05) is 0 Å². The Morgan fingerprint density at radius 2 is 1.60 bits per heavy atom. The third kappa shape index (κ3) is 4.60. The Balaban J connectivity index is 2.73. The molecule has 0 saturated heterocycles. The molecule has 0 radical (unpaired) electrons. The van der Waals surface area contributed by atoms with Gasteiger partial charge in [-0.15, -0.1) is 0 Å². The molecular formula is C18H31NO. The Kier molecular flexibility index (Phi) is 6.70. The molecule has 0 fully saturated rings. The van der Waals surface area contributed by atoms with Crippen molar-refractivity contribution in [1.82, 2.24) is 5.32 Å². The molecule has 114 valence electrons. The fraction of sp³-hybridized carbons (Fsp3) is 0.667. The number of hydrogen-bond donors (Lipinski definition) is 2. The van der Waals surface area contributed by atoms with E-state index in [-0.39, 0.29) is 6.61 Å². The molecule has 0 saturated carbocycles. The summed E-state index contributed by atoms with van der Waals surface area (Å²) in [5.74, 6) is 0.767. The summed E-state index contributed by atoms with van der Waals surface area (Å²) in [6.45, 7) is 14.2. The predicted molar refractivity (Wildman–Crippen MR) is 86.9 cm³/mol. The van der Waals surface area contributed by atoms with Gasteiger partial charge in [-0.3, -0.25) is 0 Å². The molecule has 1 aromatic carbocycles. The lowest BCUT2D eigenvalue weighted by molar-refractivity contribution is 0.280. The summed E-state index contributed by atoms with van der Waals surface area (Å²) < 4.78 is 0. The molecule has 0 unspecified atom stereocenters. The van der Waals surface area contributed by atoms with Gasteiger partial charge in [-0.05, 0) is 74.3 Å². The van der Waals surface area contributed by atoms with E-state index in [1.54, 1.807) is 0 Å². The van der Waals surface area contributed by atoms with E-state index in [1.165, 1.54) is 35.1 Å². The molecule has 0 spiro atoms. The molecule has 0 heterocycles. The highest BCUT2D eigenvalue weighted by Gasteiger charge is 2.11. The molecule has 0 amide bonds. The third-order valence-corrected chi connectivity index (χ3v) is 4.25. The highest BCUT2D eigenvalue weighted by molar-refractivity contribution is 5.44. The lowest BCUT2D eigenvalue weighted by Gasteiger charge is -2.20. The minimum atomic E-state index is 0.133. The number of rotatable bonds is 7. The quantitative estimate of drug-likeness (QED) is 0.789. The first-order valence-electron chi connectivity index (χ1n) is 7.79. The monoisotopic (exact) mass is 277 g/mol. The largest absolute Gasteiger partial charge is 0.392 e. The van der Waals surface area contributed by atoms with Gasteiger partial charge in [0.2, 0.25) is 0 Å². The van der Waals surface area contributed by atoms with Crippen LogP contribution in [0.1, 0.15) is 61.4 Å². The predicted octanol–water partition coefficient (Wildman–Crippen LogP) is 4.02. The molecule has 0 aliphatic carbocycles. The van der Waals surface area contributed by atoms with Crippen molar-refractivity contribution in [3.63, 3.8) is 0 Å². The zero-order chi connectivity index (χ0) is 15.3. The lowest BCUT2D eigenvalue weighted by Crippen LogP contribution is -2.26. The zero-order valence-electron chi connectivity index (χ0n) is 14.0. The van der Waals surface area contributed by atoms with E-state index in [4.69, 9.17) is 0 Å². The molecule has 1 aromatic rings. The number of hydrogen-bond acceptors (Lipinski definition) is 2. The second-order valence-electron chi connectivity index (χ2n) is 6.50. The van der Waals surface area contributed by atoms with Crippen molar-refractivity contribution in [1.29, 1.82) is 0 Å². The van der Waals surface area contributed by atoms with Gasteiger partial charge in [-0.25, -0.2) is 0 Å². The lowest BCUT2D eigenvalue weighted by atomic mass is 9.93. The Morgan fingerprint density at radius 1 is 1.00 bits per heavy atom. The van der Waals surface area contributed by atoms with Crippen molar-refractivity contribution in [2.75, 3.05) is 0 Å². The van der Waals surface area contributed by atoms with Crippen LogP contribution in [0.25, 0.3) is 0 Å². The highest BCUT2D eigenvalue weighted by Crippen LogP contribution is 2.22. The van der Waals surface area contributed by atoms with Gasteiger partial charge in [-0.1, -0.05) is 19.9 Å². The molecule has 1 rings (SSSR count). The summed E-state index contributed by atoms with van der Waals surface area (Å²) in [5.41, 5.74) is 6.19. The maximum absolute atomic E-state index is 9.52. The van der Waals surface area contributed by atoms with Crippen LogP contribution in [0.4, 0.5) is 0 Å². The van der Waals surface area contributed by atoms with Crippen LogP contribution < -0.4 is 5.32 Å². The number of benzene rings is 1. The maximum Gasteiger partial charge on any atom is 0.0687 e. The first-order valence-corrected chi connectivity index (χ1v) is 7.79. The van der Waals surface area contributed by atoms with E-state index in [2.05, 4.69) is 52.9 Å². The summed E-state index contributed by atoms with van der Waals surface area (Å²) in [6, 6.07) is 2.73. The van der Waals surface area contributed by atoms with Crippen molar-refractivity contribution in [3.8, 4) is 0 Å². The molecule has 1 atom stereocenters. The maximum atomic E-state index is 9.52. The van der Waals surface area contributed by atoms with Crippen molar-refractivity contribution in [2.24, 2.45) is 5.92 Å². The SMILES string of the molecule is Cc1cc(C)c(CN[C@H](C)CCC(C)C)c(C)c1CO. The van der Waals surface area contributed by atoms with E-state index in [0.29, 0.717) is 6.04 Å². The molecule has 2 N–H and O–H groups in total. The molecule has 0 aliphatic heterocycles. The Morgan fingerprint density at radius 3 is 2.15 bits per heavy atom. The van der Waals surface area contributed by atoms with Crippen molar-refractivity contribution >= 4 is 0 Å². The van der Waals surface area contributed by atoms with E-state index in [0.717, 1.165) is 18.0 Å². The summed E-state index contributed by atoms with van der Waals surface area (Å²) in [7, 11) is 0. The fourth-order valence-electron chi connectivity index (χ4n) is 2.75. The molecular weight excluding hydrogens is 246 g/mol. The second kappa shape index (κ2) is 7.80. The van der Waals surface area contributed by atoms with Crippen molar-refractivity contribution in [3.05, 3.63) is 33.9 Å². The Hall–Kier alpha value is -0.860. The standard InChI is InChI=1S/C18H31NO/c1-12(2)7-8-15(5)19-10-17-13(3)9-14(4)18(11-20)16(17)6/h9,12,15,19-20H,7-8,10-11H2,1-6H3/t15-/m1/s1. The summed E-state index contributed by atoms with van der Waals surface area (Å²) in [4.78, 5) is 0. The van der Waals surface area contributed by atoms with Gasteiger partial charge in [0.1, 0.15) is 0 Å². The van der Waals surface area contributed by atoms with Crippen LogP contribution >= 0.6 is 0 Å². The minimum absolute atomic E-state index is 0.133. The molecule has 2 nitrogen and oxygen atoms in total. The van der Waals surface area contributed by atoms with Crippen molar-refractivity contribution in [2.45, 2.75) is 73.6 Å². The van der Waals surface area contributed by atoms with Crippen LogP contribution in [0, 0.1) is 26.7 Å². The van der Waals surface area contributed by atoms with Gasteiger partial charge < -0.3 is 10.4 Å². The first-order chi connectivity index (χ1) is 9.36. The van der Waals surface area contributed by atoms with Crippen molar-refractivity contribution < 1.29 is 5.11 Å². The van der Waals surface area contributed by atoms with Crippen LogP contribution in [0.5, 0.6) is 0 Å². The van der Waals surface area contributed by atoms with Gasteiger partial charge in [0, 0.05) is 12.6 Å². The topological polar surface area (TPSA) is 32.3 Å². The molecule has 0 aromatic heterocycles. The van der Waals surface area contributed by atoms with Gasteiger partial charge in [0.05, 0.1) is 6.61 Å². The first kappa shape index (κ1) is 17.2. The molecule has 2 heteroatoms. The number of nitrogens with one attached hydrogen (secondary N) is 1. The van der Waals surface area contributed by atoms with E-state index in [9.17, 15) is 5.11 Å². The fourth-order valence-corrected chi connectivity index (χ4v) is 2.75. The van der Waals surface area contributed by atoms with Crippen LogP contribution in [-0.2, 0) is 13.2 Å². The molecule has 0 aliphatic rings. The van der Waals surface area contributed by atoms with Crippen LogP contribution in [0.3, 0.4) is 0 Å². The van der Waals surface area contributed by atoms with E-state index >= 15 is 0 Å². The Labute approximate surface area is 124 Å². The van der Waals surface area contributed by atoms with Crippen LogP contribution in [0.2, 0.25) is 0 Å². The molecule has 20 heavy (non-hydrogen) atoms. The average molecular weight is 277 g/mol. The minimum Gasteiger partial charge on any atom is -0.392 e. The highest BCUT2D eigenvalue weighted by atomic mass is 16.3. The number of aliphatic hydroxyl groups is 1. The smallest absolute Gasteiger partial charge is 0.0687 e. The van der Waals surface area contributed by atoms with Gasteiger partial charge in [0.15, 0.2) is 0 Å². The summed E-state index contributed by atoms with van der Waals surface area (Å²) in [5, 5.41) is 13.1. The van der Waals surface area contributed by atoms with Crippen LogP contribution in [-0.4, -0.2) is 11.1 Å². The van der Waals surface area contributed by atoms with Gasteiger partial charge in [0.25, 0.3) is 0 Å². The number of aliphatic hydroxyl groups excluding tert-OH is 1. The van der Waals surface area contributed by atoms with E-state index < -0.39 is 0 Å². The normalized spacial score (nSPS) is 13.0. The zero-order valence-corrected chi connectivity index (χ0v) is 14.0. The number of aryl methyl sites for hydroxylation is 2.